The van der Waals surface area contributed by atoms with Crippen molar-refractivity contribution in [2.75, 3.05) is 25.0 Å². The molecule has 0 saturated carbocycles. The van der Waals surface area contributed by atoms with Gasteiger partial charge in [-0.2, -0.15) is 0 Å². The molecular formula is C13H28BrN. The van der Waals surface area contributed by atoms with Gasteiger partial charge in [0.25, 0.3) is 0 Å². The second-order valence-corrected chi connectivity index (χ2v) is 5.84. The molecule has 0 heterocycles. The number of halogens is 1. The lowest BCUT2D eigenvalue weighted by atomic mass is 9.95. The SMILES string of the molecule is CCCCN(CCCC)CC(C)(C)CBr. The average molecular weight is 278 g/mol. The zero-order valence-corrected chi connectivity index (χ0v) is 12.6. The first-order valence-electron chi connectivity index (χ1n) is 6.34. The van der Waals surface area contributed by atoms with E-state index in [1.165, 1.54) is 45.3 Å². The molecule has 0 aliphatic carbocycles. The van der Waals surface area contributed by atoms with E-state index < -0.39 is 0 Å². The fourth-order valence-electron chi connectivity index (χ4n) is 1.68. The Morgan fingerprint density at radius 3 is 1.80 bits per heavy atom. The largest absolute Gasteiger partial charge is 0.303 e. The summed E-state index contributed by atoms with van der Waals surface area (Å²) in [4.78, 5) is 2.63. The van der Waals surface area contributed by atoms with Gasteiger partial charge in [0.05, 0.1) is 0 Å². The van der Waals surface area contributed by atoms with Gasteiger partial charge in [0.15, 0.2) is 0 Å². The standard InChI is InChI=1S/C13H28BrN/c1-5-7-9-15(10-8-6-2)12-13(3,4)11-14/h5-12H2,1-4H3. The van der Waals surface area contributed by atoms with Crippen molar-refractivity contribution in [2.24, 2.45) is 5.41 Å². The van der Waals surface area contributed by atoms with Gasteiger partial charge in [0, 0.05) is 11.9 Å². The fraction of sp³-hybridized carbons (Fsp3) is 1.00. The molecule has 0 saturated heterocycles. The zero-order chi connectivity index (χ0) is 11.7. The maximum atomic E-state index is 3.61. The summed E-state index contributed by atoms with van der Waals surface area (Å²) in [7, 11) is 0. The Balaban J connectivity index is 3.98. The highest BCUT2D eigenvalue weighted by Gasteiger charge is 2.19. The molecule has 92 valence electrons. The van der Waals surface area contributed by atoms with Crippen LogP contribution in [0, 0.1) is 5.41 Å². The van der Waals surface area contributed by atoms with E-state index in [1.54, 1.807) is 0 Å². The molecule has 15 heavy (non-hydrogen) atoms. The van der Waals surface area contributed by atoms with Crippen LogP contribution in [-0.2, 0) is 0 Å². The summed E-state index contributed by atoms with van der Waals surface area (Å²) < 4.78 is 0. The molecule has 0 aromatic carbocycles. The van der Waals surface area contributed by atoms with Crippen LogP contribution in [-0.4, -0.2) is 29.9 Å². The number of nitrogens with zero attached hydrogens (tertiary/aromatic N) is 1. The van der Waals surface area contributed by atoms with E-state index in [9.17, 15) is 0 Å². The van der Waals surface area contributed by atoms with Crippen molar-refractivity contribution in [2.45, 2.75) is 53.4 Å². The molecule has 0 unspecified atom stereocenters. The molecule has 0 radical (unpaired) electrons. The lowest BCUT2D eigenvalue weighted by molar-refractivity contribution is 0.190. The van der Waals surface area contributed by atoms with Crippen LogP contribution < -0.4 is 0 Å². The minimum absolute atomic E-state index is 0.404. The van der Waals surface area contributed by atoms with Crippen LogP contribution in [0.25, 0.3) is 0 Å². The van der Waals surface area contributed by atoms with Crippen molar-refractivity contribution in [3.05, 3.63) is 0 Å². The minimum Gasteiger partial charge on any atom is -0.303 e. The molecule has 0 aromatic rings. The number of alkyl halides is 1. The van der Waals surface area contributed by atoms with Gasteiger partial charge >= 0.3 is 0 Å². The molecular weight excluding hydrogens is 250 g/mol. The molecule has 0 aromatic heterocycles. The Kier molecular flexibility index (Phi) is 8.83. The second kappa shape index (κ2) is 8.58. The van der Waals surface area contributed by atoms with Crippen molar-refractivity contribution >= 4 is 15.9 Å². The van der Waals surface area contributed by atoms with Crippen LogP contribution in [0.2, 0.25) is 0 Å². The van der Waals surface area contributed by atoms with Crippen LogP contribution in [0.15, 0.2) is 0 Å². The highest BCUT2D eigenvalue weighted by atomic mass is 79.9. The maximum absolute atomic E-state index is 3.61. The van der Waals surface area contributed by atoms with Gasteiger partial charge < -0.3 is 4.90 Å². The highest BCUT2D eigenvalue weighted by molar-refractivity contribution is 9.09. The Hall–Kier alpha value is 0.440. The molecule has 0 rings (SSSR count). The van der Waals surface area contributed by atoms with Gasteiger partial charge in [-0.3, -0.25) is 0 Å². The van der Waals surface area contributed by atoms with E-state index in [0.717, 1.165) is 5.33 Å². The van der Waals surface area contributed by atoms with Gasteiger partial charge in [-0.1, -0.05) is 56.5 Å². The van der Waals surface area contributed by atoms with Crippen LogP contribution in [0.4, 0.5) is 0 Å². The first-order chi connectivity index (χ1) is 7.05. The first kappa shape index (κ1) is 15.4. The third-order valence-electron chi connectivity index (χ3n) is 2.67. The predicted octanol–water partition coefficient (Wildman–Crippen LogP) is 4.31. The van der Waals surface area contributed by atoms with Gasteiger partial charge in [-0.05, 0) is 31.3 Å². The van der Waals surface area contributed by atoms with Gasteiger partial charge in [-0.15, -0.1) is 0 Å². The van der Waals surface area contributed by atoms with E-state index in [4.69, 9.17) is 0 Å². The van der Waals surface area contributed by atoms with Crippen molar-refractivity contribution in [3.63, 3.8) is 0 Å². The third kappa shape index (κ3) is 8.27. The van der Waals surface area contributed by atoms with Crippen LogP contribution in [0.5, 0.6) is 0 Å². The van der Waals surface area contributed by atoms with Crippen LogP contribution in [0.1, 0.15) is 53.4 Å². The fourth-order valence-corrected chi connectivity index (χ4v) is 1.86. The van der Waals surface area contributed by atoms with E-state index in [2.05, 4.69) is 48.5 Å². The normalized spacial score (nSPS) is 12.4. The van der Waals surface area contributed by atoms with Crippen LogP contribution in [0.3, 0.4) is 0 Å². The van der Waals surface area contributed by atoms with Gasteiger partial charge in [-0.25, -0.2) is 0 Å². The Bertz CT molecular complexity index is 137. The molecule has 0 amide bonds. The Morgan fingerprint density at radius 2 is 1.47 bits per heavy atom. The van der Waals surface area contributed by atoms with E-state index in [0.29, 0.717) is 5.41 Å². The van der Waals surface area contributed by atoms with E-state index in [-0.39, 0.29) is 0 Å². The van der Waals surface area contributed by atoms with Gasteiger partial charge in [0.2, 0.25) is 0 Å². The molecule has 0 aliphatic rings. The quantitative estimate of drug-likeness (QED) is 0.568. The summed E-state index contributed by atoms with van der Waals surface area (Å²) in [6, 6.07) is 0. The summed E-state index contributed by atoms with van der Waals surface area (Å²) in [5, 5.41) is 1.09. The highest BCUT2D eigenvalue weighted by Crippen LogP contribution is 2.20. The predicted molar refractivity (Wildman–Crippen MR) is 73.8 cm³/mol. The summed E-state index contributed by atoms with van der Waals surface area (Å²) in [5.74, 6) is 0. The van der Waals surface area contributed by atoms with Crippen LogP contribution >= 0.6 is 15.9 Å². The smallest absolute Gasteiger partial charge is 0.00949 e. The summed E-state index contributed by atoms with van der Waals surface area (Å²) in [5.41, 5.74) is 0.404. The maximum Gasteiger partial charge on any atom is 0.00949 e. The summed E-state index contributed by atoms with van der Waals surface area (Å²) in [6.45, 7) is 13.0. The molecule has 0 bridgehead atoms. The molecule has 0 atom stereocenters. The third-order valence-corrected chi connectivity index (χ3v) is 4.19. The summed E-state index contributed by atoms with van der Waals surface area (Å²) in [6.07, 6.45) is 5.28. The van der Waals surface area contributed by atoms with Gasteiger partial charge in [0.1, 0.15) is 0 Å². The molecule has 0 N–H and O–H groups in total. The van der Waals surface area contributed by atoms with E-state index >= 15 is 0 Å². The minimum atomic E-state index is 0.404. The molecule has 2 heteroatoms. The second-order valence-electron chi connectivity index (χ2n) is 5.28. The van der Waals surface area contributed by atoms with Crippen molar-refractivity contribution in [1.82, 2.24) is 4.90 Å². The molecule has 0 fully saturated rings. The lowest BCUT2D eigenvalue weighted by Gasteiger charge is -2.31. The average Bonchev–Trinajstić information content (AvgIpc) is 2.22. The number of rotatable bonds is 9. The lowest BCUT2D eigenvalue weighted by Crippen LogP contribution is -2.36. The number of unbranched alkanes of at least 4 members (excludes halogenated alkanes) is 2. The monoisotopic (exact) mass is 277 g/mol. The number of hydrogen-bond donors (Lipinski definition) is 0. The summed E-state index contributed by atoms with van der Waals surface area (Å²) >= 11 is 3.61. The molecule has 1 nitrogen and oxygen atoms in total. The first-order valence-corrected chi connectivity index (χ1v) is 7.46. The zero-order valence-electron chi connectivity index (χ0n) is 11.0. The Labute approximate surface area is 105 Å². The van der Waals surface area contributed by atoms with E-state index in [1.807, 2.05) is 0 Å². The Morgan fingerprint density at radius 1 is 1.00 bits per heavy atom. The molecule has 0 spiro atoms. The van der Waals surface area contributed by atoms with Crippen molar-refractivity contribution < 1.29 is 0 Å². The van der Waals surface area contributed by atoms with Crippen molar-refractivity contribution in [3.8, 4) is 0 Å². The molecule has 0 aliphatic heterocycles. The topological polar surface area (TPSA) is 3.24 Å². The number of hydrogen-bond acceptors (Lipinski definition) is 1. The van der Waals surface area contributed by atoms with Crippen molar-refractivity contribution in [1.29, 1.82) is 0 Å².